The first-order chi connectivity index (χ1) is 16.6. The number of anilines is 1. The Labute approximate surface area is 201 Å². The average Bonchev–Trinajstić information content (AvgIpc) is 2.86. The molecule has 1 amide bonds. The summed E-state index contributed by atoms with van der Waals surface area (Å²) in [5, 5.41) is 3.04. The summed E-state index contributed by atoms with van der Waals surface area (Å²) in [5.74, 6) is 0.469. The number of terminal acetylenes is 1. The van der Waals surface area contributed by atoms with Crippen LogP contribution in [0.4, 0.5) is 10.1 Å². The molecule has 1 saturated carbocycles. The molecule has 5 nitrogen and oxygen atoms in total. The van der Waals surface area contributed by atoms with Crippen molar-refractivity contribution in [3.63, 3.8) is 0 Å². The molecule has 1 fully saturated rings. The van der Waals surface area contributed by atoms with Crippen LogP contribution in [-0.4, -0.2) is 24.0 Å². The quantitative estimate of drug-likeness (QED) is 0.506. The zero-order valence-corrected chi connectivity index (χ0v) is 19.6. The number of carbonyl (C=O) groups is 1. The summed E-state index contributed by atoms with van der Waals surface area (Å²) in [6, 6.07) is 12.1. The molecule has 6 heteroatoms. The highest BCUT2D eigenvalue weighted by Gasteiger charge is 2.25. The van der Waals surface area contributed by atoms with Crippen LogP contribution < -0.4 is 11.1 Å². The van der Waals surface area contributed by atoms with Crippen molar-refractivity contribution in [2.24, 2.45) is 15.9 Å². The smallest absolute Gasteiger partial charge is 0.229 e. The lowest BCUT2D eigenvalue weighted by atomic mass is 9.85. The van der Waals surface area contributed by atoms with Crippen LogP contribution in [0.3, 0.4) is 0 Å². The van der Waals surface area contributed by atoms with E-state index in [1.54, 1.807) is 12.1 Å². The normalized spacial score (nSPS) is 16.7. The van der Waals surface area contributed by atoms with Gasteiger partial charge in [-0.2, -0.15) is 0 Å². The number of carbonyl (C=O) groups excluding carboxylic acids is 1. The molecule has 2 aromatic rings. The molecule has 1 heterocycles. The first-order valence-corrected chi connectivity index (χ1v) is 11.9. The van der Waals surface area contributed by atoms with Crippen molar-refractivity contribution in [2.45, 2.75) is 57.9 Å². The molecule has 3 N–H and O–H groups in total. The van der Waals surface area contributed by atoms with Crippen molar-refractivity contribution in [3.05, 3.63) is 65.0 Å². The van der Waals surface area contributed by atoms with E-state index in [0.717, 1.165) is 42.6 Å². The van der Waals surface area contributed by atoms with Crippen molar-refractivity contribution < 1.29 is 9.18 Å². The summed E-state index contributed by atoms with van der Waals surface area (Å²) < 4.78 is 13.2. The number of hydrogen-bond donors (Lipinski definition) is 2. The number of benzene rings is 2. The summed E-state index contributed by atoms with van der Waals surface area (Å²) in [7, 11) is 0. The fourth-order valence-corrected chi connectivity index (χ4v) is 4.59. The summed E-state index contributed by atoms with van der Waals surface area (Å²) in [4.78, 5) is 22.6. The molecule has 0 saturated heterocycles. The lowest BCUT2D eigenvalue weighted by molar-refractivity contribution is -0.119. The summed E-state index contributed by atoms with van der Waals surface area (Å²) in [6.07, 6.45) is 15.7. The van der Waals surface area contributed by atoms with Crippen LogP contribution in [0.15, 0.2) is 52.4 Å². The number of amides is 1. The van der Waals surface area contributed by atoms with Gasteiger partial charge in [0, 0.05) is 18.2 Å². The molecule has 0 aromatic heterocycles. The van der Waals surface area contributed by atoms with E-state index in [9.17, 15) is 9.18 Å². The minimum Gasteiger partial charge on any atom is -0.399 e. The maximum atomic E-state index is 13.2. The molecule has 1 aliphatic heterocycles. The van der Waals surface area contributed by atoms with Crippen molar-refractivity contribution >= 4 is 23.1 Å². The fourth-order valence-electron chi connectivity index (χ4n) is 4.59. The highest BCUT2D eigenvalue weighted by atomic mass is 19.1. The number of rotatable bonds is 3. The van der Waals surface area contributed by atoms with Gasteiger partial charge < -0.3 is 11.1 Å². The zero-order chi connectivity index (χ0) is 24.3. The van der Waals surface area contributed by atoms with E-state index in [1.807, 2.05) is 12.1 Å². The van der Waals surface area contributed by atoms with Crippen molar-refractivity contribution in [2.75, 3.05) is 12.3 Å². The maximum absolute atomic E-state index is 13.2. The number of nitrogens with two attached hydrogens (primary N) is 1. The average molecular weight is 461 g/mol. The predicted octanol–water partition coefficient (Wildman–Crippen LogP) is 4.88. The molecule has 1 aliphatic carbocycles. The van der Waals surface area contributed by atoms with E-state index in [0.29, 0.717) is 24.8 Å². The third-order valence-electron chi connectivity index (χ3n) is 6.29. The van der Waals surface area contributed by atoms with Crippen LogP contribution in [0, 0.1) is 24.6 Å². The van der Waals surface area contributed by atoms with E-state index in [1.165, 1.54) is 42.5 Å². The van der Waals surface area contributed by atoms with Gasteiger partial charge in [-0.25, -0.2) is 4.39 Å². The number of amidine groups is 1. The highest BCUT2D eigenvalue weighted by molar-refractivity contribution is 6.44. The number of fused-ring (bicyclic) bond motifs is 1. The summed E-state index contributed by atoms with van der Waals surface area (Å²) in [6.45, 7) is 1.18. The van der Waals surface area contributed by atoms with Gasteiger partial charge in [0.15, 0.2) is 0 Å². The minimum absolute atomic E-state index is 0.149. The van der Waals surface area contributed by atoms with Gasteiger partial charge in [0.2, 0.25) is 5.91 Å². The molecule has 0 atom stereocenters. The van der Waals surface area contributed by atoms with E-state index >= 15 is 0 Å². The van der Waals surface area contributed by atoms with Crippen molar-refractivity contribution in [1.82, 2.24) is 5.32 Å². The standard InChI is InChI=1S/C26H31FN4O.C2H2/c27-22-11-8-18(9-12-22)15-24(32)31-26-25(19-5-2-1-3-6-19)30-17-21-10-13-23(28)16-20(21)7-4-14-29-26;1-2/h8-13,16,19H,1-7,14-15,17,28H2,(H,29,31,32);1-2H. The van der Waals surface area contributed by atoms with Gasteiger partial charge in [0.05, 0.1) is 18.7 Å². The topological polar surface area (TPSA) is 79.8 Å². The second kappa shape index (κ2) is 12.7. The summed E-state index contributed by atoms with van der Waals surface area (Å²) in [5.41, 5.74) is 10.9. The number of nitrogens with one attached hydrogen (secondary N) is 1. The first-order valence-electron chi connectivity index (χ1n) is 11.9. The van der Waals surface area contributed by atoms with Crippen LogP contribution in [-0.2, 0) is 24.2 Å². The SMILES string of the molecule is C#C.Nc1ccc2c(c1)CCCN=C(NC(=O)Cc1ccc(F)cc1)C(C1CCCCC1)=NC2. The second-order valence-electron chi connectivity index (χ2n) is 8.75. The lowest BCUT2D eigenvalue weighted by Crippen LogP contribution is -2.41. The zero-order valence-electron chi connectivity index (χ0n) is 19.6. The number of halogens is 1. The second-order valence-corrected chi connectivity index (χ2v) is 8.75. The predicted molar refractivity (Wildman–Crippen MR) is 137 cm³/mol. The molecule has 178 valence electrons. The molecule has 0 spiro atoms. The first kappa shape index (κ1) is 25.2. The Morgan fingerprint density at radius 2 is 1.74 bits per heavy atom. The van der Waals surface area contributed by atoms with Gasteiger partial charge in [-0.3, -0.25) is 14.8 Å². The Balaban J connectivity index is 0.00000158. The van der Waals surface area contributed by atoms with Gasteiger partial charge >= 0.3 is 0 Å². The highest BCUT2D eigenvalue weighted by Crippen LogP contribution is 2.27. The van der Waals surface area contributed by atoms with E-state index < -0.39 is 0 Å². The number of aliphatic imine (C=N–C) groups is 2. The molecule has 4 rings (SSSR count). The number of nitrogens with zero attached hydrogens (tertiary/aromatic N) is 2. The van der Waals surface area contributed by atoms with Gasteiger partial charge in [0.25, 0.3) is 0 Å². The molecule has 0 radical (unpaired) electrons. The minimum atomic E-state index is -0.306. The summed E-state index contributed by atoms with van der Waals surface area (Å²) >= 11 is 0. The third kappa shape index (κ3) is 7.02. The Bertz CT molecular complexity index is 1050. The lowest BCUT2D eigenvalue weighted by Gasteiger charge is -2.25. The van der Waals surface area contributed by atoms with Crippen LogP contribution in [0.25, 0.3) is 0 Å². The molecule has 0 bridgehead atoms. The molecular weight excluding hydrogens is 427 g/mol. The van der Waals surface area contributed by atoms with Gasteiger partial charge in [-0.15, -0.1) is 12.8 Å². The Kier molecular flexibility index (Phi) is 9.40. The largest absolute Gasteiger partial charge is 0.399 e. The fraction of sp³-hybridized carbons (Fsp3) is 0.393. The van der Waals surface area contributed by atoms with Gasteiger partial charge in [0.1, 0.15) is 11.7 Å². The molecule has 34 heavy (non-hydrogen) atoms. The molecule has 2 aromatic carbocycles. The van der Waals surface area contributed by atoms with Gasteiger partial charge in [-0.05, 0) is 66.6 Å². The number of aryl methyl sites for hydroxylation is 1. The van der Waals surface area contributed by atoms with Crippen molar-refractivity contribution in [3.8, 4) is 12.8 Å². The van der Waals surface area contributed by atoms with E-state index in [4.69, 9.17) is 15.7 Å². The number of nitrogen functional groups attached to an aromatic ring is 1. The van der Waals surface area contributed by atoms with Crippen LogP contribution in [0.5, 0.6) is 0 Å². The molecule has 2 aliphatic rings. The monoisotopic (exact) mass is 460 g/mol. The van der Waals surface area contributed by atoms with Crippen LogP contribution >= 0.6 is 0 Å². The van der Waals surface area contributed by atoms with E-state index in [2.05, 4.69) is 24.2 Å². The molecule has 0 unspecified atom stereocenters. The Morgan fingerprint density at radius 1 is 1.00 bits per heavy atom. The van der Waals surface area contributed by atoms with E-state index in [-0.39, 0.29) is 18.1 Å². The molecular formula is C28H33FN4O. The third-order valence-corrected chi connectivity index (χ3v) is 6.29. The Morgan fingerprint density at radius 3 is 2.47 bits per heavy atom. The Hall–Kier alpha value is -3.46. The maximum Gasteiger partial charge on any atom is 0.229 e. The van der Waals surface area contributed by atoms with Crippen molar-refractivity contribution in [1.29, 1.82) is 0 Å². The van der Waals surface area contributed by atoms with Crippen LogP contribution in [0.1, 0.15) is 55.2 Å². The number of hydrogen-bond acceptors (Lipinski definition) is 4. The van der Waals surface area contributed by atoms with Crippen LogP contribution in [0.2, 0.25) is 0 Å². The van der Waals surface area contributed by atoms with Gasteiger partial charge in [-0.1, -0.05) is 37.5 Å².